The summed E-state index contributed by atoms with van der Waals surface area (Å²) < 4.78 is 0. The second kappa shape index (κ2) is 16.3. The quantitative estimate of drug-likeness (QED) is 0.258. The van der Waals surface area contributed by atoms with Crippen LogP contribution < -0.4 is 5.73 Å². The van der Waals surface area contributed by atoms with Crippen LogP contribution in [-0.2, 0) is 24.8 Å². The number of carbonyl (C=O) groups is 1. The van der Waals surface area contributed by atoms with Crippen molar-refractivity contribution in [3.63, 3.8) is 0 Å². The first-order valence-electron chi connectivity index (χ1n) is 7.32. The maximum absolute atomic E-state index is 10.5. The predicted molar refractivity (Wildman–Crippen MR) is 71.8 cm³/mol. The number of hydrogen-bond acceptors (Lipinski definition) is 6. The van der Waals surface area contributed by atoms with Gasteiger partial charge in [0, 0.05) is 6.42 Å². The van der Waals surface area contributed by atoms with E-state index < -0.39 is 0 Å². The first-order chi connectivity index (χ1) is 9.77. The highest BCUT2D eigenvalue weighted by atomic mass is 17.8. The molecule has 7 nitrogen and oxygen atoms in total. The van der Waals surface area contributed by atoms with Crippen molar-refractivity contribution in [1.82, 2.24) is 0 Å². The summed E-state index contributed by atoms with van der Waals surface area (Å²) in [5, 5.41) is 18.6. The van der Waals surface area contributed by atoms with Crippen LogP contribution >= 0.6 is 0 Å². The summed E-state index contributed by atoms with van der Waals surface area (Å²) >= 11 is 0. The van der Waals surface area contributed by atoms with Gasteiger partial charge in [0.05, 0.1) is 6.61 Å². The highest BCUT2D eigenvalue weighted by molar-refractivity contribution is 5.73. The molecular formula is C13H27NO6. The van der Waals surface area contributed by atoms with E-state index in [4.69, 9.17) is 11.0 Å². The summed E-state index contributed by atoms with van der Waals surface area (Å²) in [4.78, 5) is 15.0. The Morgan fingerprint density at radius 3 is 1.80 bits per heavy atom. The van der Waals surface area contributed by atoms with Gasteiger partial charge in [0.2, 0.25) is 5.91 Å². The normalized spacial score (nSPS) is 10.8. The van der Waals surface area contributed by atoms with Crippen LogP contribution in [0.2, 0.25) is 0 Å². The molecular weight excluding hydrogens is 266 g/mol. The molecule has 0 rings (SSSR count). The molecule has 7 heteroatoms. The Balaban J connectivity index is 2.94. The van der Waals surface area contributed by atoms with E-state index in [2.05, 4.69) is 20.0 Å². The van der Waals surface area contributed by atoms with Crippen molar-refractivity contribution in [2.45, 2.75) is 70.6 Å². The number of unbranched alkanes of at least 4 members (excludes halogenated alkanes) is 9. The Bertz CT molecular complexity index is 215. The average molecular weight is 293 g/mol. The highest BCUT2D eigenvalue weighted by Crippen LogP contribution is 2.11. The Morgan fingerprint density at radius 2 is 1.30 bits per heavy atom. The average Bonchev–Trinajstić information content (AvgIpc) is 2.43. The molecule has 0 bridgehead atoms. The third kappa shape index (κ3) is 17.3. The Labute approximate surface area is 120 Å². The predicted octanol–water partition coefficient (Wildman–Crippen LogP) is 3.05. The van der Waals surface area contributed by atoms with Crippen molar-refractivity contribution in [3.8, 4) is 0 Å². The molecule has 0 aliphatic heterocycles. The number of amides is 1. The molecule has 0 radical (unpaired) electrons. The summed E-state index contributed by atoms with van der Waals surface area (Å²) in [6.45, 7) is 0.406. The van der Waals surface area contributed by atoms with E-state index in [1.807, 2.05) is 0 Å². The number of carbonyl (C=O) groups excluding carboxylic acids is 1. The van der Waals surface area contributed by atoms with Gasteiger partial charge in [-0.3, -0.25) is 4.79 Å². The zero-order valence-electron chi connectivity index (χ0n) is 12.1. The summed E-state index contributed by atoms with van der Waals surface area (Å²) in [6, 6.07) is 0. The standard InChI is InChI=1S/C13H27NO6/c14-13(15)11-9-7-5-3-1-2-4-6-8-10-12-17-19-20-18-16/h16H,1-12H2,(H2,14,15). The minimum absolute atomic E-state index is 0.199. The van der Waals surface area contributed by atoms with Crippen molar-refractivity contribution in [2.75, 3.05) is 6.61 Å². The van der Waals surface area contributed by atoms with Crippen LogP contribution in [0.1, 0.15) is 70.6 Å². The molecule has 0 aromatic heterocycles. The van der Waals surface area contributed by atoms with Crippen molar-refractivity contribution < 1.29 is 30.1 Å². The number of rotatable bonds is 16. The second-order valence-electron chi connectivity index (χ2n) is 4.78. The Hall–Kier alpha value is -0.730. The molecule has 0 aromatic rings. The molecule has 0 saturated heterocycles. The third-order valence-corrected chi connectivity index (χ3v) is 3.01. The van der Waals surface area contributed by atoms with Crippen LogP contribution in [-0.4, -0.2) is 17.8 Å². The second-order valence-corrected chi connectivity index (χ2v) is 4.78. The van der Waals surface area contributed by atoms with Crippen molar-refractivity contribution in [2.24, 2.45) is 5.73 Å². The van der Waals surface area contributed by atoms with E-state index in [1.54, 1.807) is 0 Å². The van der Waals surface area contributed by atoms with E-state index in [0.717, 1.165) is 25.7 Å². The fraction of sp³-hybridized carbons (Fsp3) is 0.923. The summed E-state index contributed by atoms with van der Waals surface area (Å²) in [5.74, 6) is -0.199. The summed E-state index contributed by atoms with van der Waals surface area (Å²) in [5.41, 5.74) is 5.07. The van der Waals surface area contributed by atoms with Gasteiger partial charge >= 0.3 is 0 Å². The van der Waals surface area contributed by atoms with Gasteiger partial charge in [-0.2, -0.15) is 0 Å². The van der Waals surface area contributed by atoms with Gasteiger partial charge < -0.3 is 5.73 Å². The maximum atomic E-state index is 10.5. The molecule has 0 aliphatic carbocycles. The number of hydrogen-bond donors (Lipinski definition) is 2. The van der Waals surface area contributed by atoms with E-state index in [9.17, 15) is 4.79 Å². The van der Waals surface area contributed by atoms with Gasteiger partial charge in [-0.05, 0) is 28.0 Å². The van der Waals surface area contributed by atoms with Gasteiger partial charge in [0.15, 0.2) is 0 Å². The lowest BCUT2D eigenvalue weighted by molar-refractivity contribution is -0.702. The molecule has 0 aromatic carbocycles. The van der Waals surface area contributed by atoms with Crippen LogP contribution in [0.25, 0.3) is 0 Å². The van der Waals surface area contributed by atoms with Crippen molar-refractivity contribution in [3.05, 3.63) is 0 Å². The fourth-order valence-corrected chi connectivity index (χ4v) is 1.94. The minimum atomic E-state index is -0.199. The van der Waals surface area contributed by atoms with E-state index >= 15 is 0 Å². The van der Waals surface area contributed by atoms with Crippen LogP contribution in [0.3, 0.4) is 0 Å². The number of nitrogens with two attached hydrogens (primary N) is 1. The lowest BCUT2D eigenvalue weighted by Gasteiger charge is -2.02. The zero-order chi connectivity index (χ0) is 14.9. The van der Waals surface area contributed by atoms with Crippen LogP contribution in [0.5, 0.6) is 0 Å². The van der Waals surface area contributed by atoms with E-state index in [-0.39, 0.29) is 5.91 Å². The molecule has 3 N–H and O–H groups in total. The Morgan fingerprint density at radius 1 is 0.800 bits per heavy atom. The molecule has 1 amide bonds. The molecule has 0 heterocycles. The molecule has 0 atom stereocenters. The Kier molecular flexibility index (Phi) is 15.7. The monoisotopic (exact) mass is 293 g/mol. The topological polar surface area (TPSA) is 100 Å². The first-order valence-corrected chi connectivity index (χ1v) is 7.32. The van der Waals surface area contributed by atoms with Gasteiger partial charge in [-0.1, -0.05) is 51.4 Å². The van der Waals surface area contributed by atoms with Crippen molar-refractivity contribution in [1.29, 1.82) is 0 Å². The van der Waals surface area contributed by atoms with Crippen LogP contribution in [0, 0.1) is 0 Å². The molecule has 120 valence electrons. The zero-order valence-corrected chi connectivity index (χ0v) is 12.1. The molecule has 20 heavy (non-hydrogen) atoms. The number of primary amides is 1. The van der Waals surface area contributed by atoms with E-state index in [0.29, 0.717) is 13.0 Å². The fourth-order valence-electron chi connectivity index (χ4n) is 1.94. The lowest BCUT2D eigenvalue weighted by atomic mass is 10.1. The maximum Gasteiger partial charge on any atom is 0.217 e. The molecule has 0 spiro atoms. The smallest absolute Gasteiger partial charge is 0.217 e. The minimum Gasteiger partial charge on any atom is -0.370 e. The summed E-state index contributed by atoms with van der Waals surface area (Å²) in [6.07, 6.45) is 11.8. The largest absolute Gasteiger partial charge is 0.370 e. The van der Waals surface area contributed by atoms with Crippen LogP contribution in [0.4, 0.5) is 0 Å². The molecule has 0 aliphatic rings. The van der Waals surface area contributed by atoms with Gasteiger partial charge in [-0.25, -0.2) is 10.1 Å². The van der Waals surface area contributed by atoms with Gasteiger partial charge in [-0.15, -0.1) is 0 Å². The molecule has 0 saturated carbocycles. The third-order valence-electron chi connectivity index (χ3n) is 3.01. The summed E-state index contributed by atoms with van der Waals surface area (Å²) in [7, 11) is 0. The van der Waals surface area contributed by atoms with Gasteiger partial charge in [0.25, 0.3) is 0 Å². The highest BCUT2D eigenvalue weighted by Gasteiger charge is 1.96. The van der Waals surface area contributed by atoms with Crippen LogP contribution in [0.15, 0.2) is 0 Å². The SMILES string of the molecule is NC(=O)CCCCCCCCCCCCOOOOO. The molecule has 0 unspecified atom stereocenters. The lowest BCUT2D eigenvalue weighted by Crippen LogP contribution is -2.09. The molecule has 0 fully saturated rings. The van der Waals surface area contributed by atoms with E-state index in [1.165, 1.54) is 38.5 Å². The first kappa shape index (κ1) is 19.3. The van der Waals surface area contributed by atoms with Crippen molar-refractivity contribution >= 4 is 5.91 Å². The van der Waals surface area contributed by atoms with Gasteiger partial charge in [0.1, 0.15) is 0 Å².